The minimum Gasteiger partial charge on any atom is -0.462 e. The van der Waals surface area contributed by atoms with Crippen LogP contribution in [0.4, 0.5) is 0 Å². The van der Waals surface area contributed by atoms with Crippen molar-refractivity contribution in [3.05, 3.63) is 52.8 Å². The number of carbonyl (C=O) groups is 2. The van der Waals surface area contributed by atoms with Gasteiger partial charge >= 0.3 is 5.97 Å². The predicted octanol–water partition coefficient (Wildman–Crippen LogP) is 3.08. The molecule has 5 nitrogen and oxygen atoms in total. The molecule has 2 aromatic rings. The topological polar surface area (TPSA) is 60.3 Å². The molecule has 0 atom stereocenters. The molecule has 0 radical (unpaired) electrons. The summed E-state index contributed by atoms with van der Waals surface area (Å²) in [5.74, 6) is -0.734. The van der Waals surface area contributed by atoms with Crippen LogP contribution in [-0.4, -0.2) is 29.1 Å². The zero-order chi connectivity index (χ0) is 17.9. The van der Waals surface area contributed by atoms with Gasteiger partial charge in [0.1, 0.15) is 6.54 Å². The van der Waals surface area contributed by atoms with Gasteiger partial charge in [0.05, 0.1) is 17.4 Å². The molecule has 1 N–H and O–H groups in total. The summed E-state index contributed by atoms with van der Waals surface area (Å²) in [5, 5.41) is 2.65. The lowest BCUT2D eigenvalue weighted by atomic mass is 10.1. The van der Waals surface area contributed by atoms with E-state index in [2.05, 4.69) is 5.32 Å². The van der Waals surface area contributed by atoms with Crippen molar-refractivity contribution >= 4 is 11.9 Å². The molecule has 0 aliphatic carbocycles. The lowest BCUT2D eigenvalue weighted by Gasteiger charge is -2.15. The minimum absolute atomic E-state index is 0.145. The lowest BCUT2D eigenvalue weighted by molar-refractivity contribution is -0.146. The fourth-order valence-electron chi connectivity index (χ4n) is 2.63. The van der Waals surface area contributed by atoms with Gasteiger partial charge in [-0.3, -0.25) is 9.59 Å². The number of rotatable bonds is 5. The van der Waals surface area contributed by atoms with Gasteiger partial charge in [0.2, 0.25) is 0 Å². The fourth-order valence-corrected chi connectivity index (χ4v) is 2.63. The zero-order valence-corrected chi connectivity index (χ0v) is 14.8. The van der Waals surface area contributed by atoms with E-state index < -0.39 is 5.97 Å². The Labute approximate surface area is 142 Å². The van der Waals surface area contributed by atoms with Crippen LogP contribution in [0.25, 0.3) is 5.69 Å². The first kappa shape index (κ1) is 17.8. The van der Waals surface area contributed by atoms with E-state index in [-0.39, 0.29) is 18.6 Å². The Balaban J connectivity index is 2.28. The van der Waals surface area contributed by atoms with Gasteiger partial charge in [0.15, 0.2) is 0 Å². The first-order valence-electron chi connectivity index (χ1n) is 8.03. The quantitative estimate of drug-likeness (QED) is 0.858. The smallest absolute Gasteiger partial charge is 0.325 e. The fraction of sp³-hybridized carbons (Fsp3) is 0.368. The highest BCUT2D eigenvalue weighted by Gasteiger charge is 2.16. The summed E-state index contributed by atoms with van der Waals surface area (Å²) in [7, 11) is 0. The zero-order valence-electron chi connectivity index (χ0n) is 14.8. The molecule has 1 heterocycles. The molecule has 5 heteroatoms. The number of aryl methyl sites for hydroxylation is 3. The Kier molecular flexibility index (Phi) is 5.44. The minimum atomic E-state index is -0.444. The third-order valence-corrected chi connectivity index (χ3v) is 3.67. The number of aromatic nitrogens is 1. The monoisotopic (exact) mass is 328 g/mol. The number of carbonyl (C=O) groups excluding carboxylic acids is 2. The van der Waals surface area contributed by atoms with Gasteiger partial charge in [-0.25, -0.2) is 0 Å². The van der Waals surface area contributed by atoms with Crippen molar-refractivity contribution in [3.8, 4) is 5.69 Å². The average Bonchev–Trinajstić information content (AvgIpc) is 2.83. The van der Waals surface area contributed by atoms with Crippen molar-refractivity contribution in [1.29, 1.82) is 0 Å². The van der Waals surface area contributed by atoms with E-state index in [1.54, 1.807) is 13.8 Å². The molecular weight excluding hydrogens is 304 g/mol. The van der Waals surface area contributed by atoms with Gasteiger partial charge in [-0.05, 0) is 58.9 Å². The van der Waals surface area contributed by atoms with E-state index in [4.69, 9.17) is 4.74 Å². The van der Waals surface area contributed by atoms with Crippen LogP contribution in [-0.2, 0) is 9.53 Å². The van der Waals surface area contributed by atoms with Crippen LogP contribution < -0.4 is 5.32 Å². The van der Waals surface area contributed by atoms with Crippen molar-refractivity contribution in [3.63, 3.8) is 0 Å². The number of esters is 1. The van der Waals surface area contributed by atoms with Crippen molar-refractivity contribution in [2.75, 3.05) is 6.54 Å². The maximum Gasteiger partial charge on any atom is 0.325 e. The molecule has 1 aromatic heterocycles. The van der Waals surface area contributed by atoms with Crippen LogP contribution in [0.1, 0.15) is 41.2 Å². The van der Waals surface area contributed by atoms with Gasteiger partial charge in [0, 0.05) is 11.4 Å². The maximum atomic E-state index is 12.6. The first-order valence-corrected chi connectivity index (χ1v) is 8.03. The molecule has 0 saturated carbocycles. The van der Waals surface area contributed by atoms with Crippen LogP contribution in [0.15, 0.2) is 30.3 Å². The van der Waals surface area contributed by atoms with E-state index in [0.717, 1.165) is 22.6 Å². The molecule has 0 unspecified atom stereocenters. The Hall–Kier alpha value is -2.56. The van der Waals surface area contributed by atoms with Crippen LogP contribution in [0, 0.1) is 20.8 Å². The van der Waals surface area contributed by atoms with Gasteiger partial charge in [0.25, 0.3) is 5.91 Å². The highest BCUT2D eigenvalue weighted by Crippen LogP contribution is 2.21. The number of benzene rings is 1. The van der Waals surface area contributed by atoms with Crippen molar-refractivity contribution < 1.29 is 14.3 Å². The summed E-state index contributed by atoms with van der Waals surface area (Å²) in [4.78, 5) is 24.2. The van der Waals surface area contributed by atoms with Gasteiger partial charge in [-0.2, -0.15) is 0 Å². The number of amides is 1. The molecule has 0 bridgehead atoms. The number of nitrogens with one attached hydrogen (secondary N) is 1. The van der Waals surface area contributed by atoms with Crippen LogP contribution >= 0.6 is 0 Å². The molecule has 24 heavy (non-hydrogen) atoms. The Morgan fingerprint density at radius 3 is 2.29 bits per heavy atom. The SMILES string of the molecule is Cc1ccc(-n2c(C)ccc2C)c(C(=O)NCC(=O)OC(C)C)c1. The largest absolute Gasteiger partial charge is 0.462 e. The Bertz CT molecular complexity index is 740. The molecule has 0 saturated heterocycles. The molecule has 0 spiro atoms. The van der Waals surface area contributed by atoms with Crippen molar-refractivity contribution in [2.24, 2.45) is 0 Å². The number of hydrogen-bond donors (Lipinski definition) is 1. The summed E-state index contributed by atoms with van der Waals surface area (Å²) in [6.45, 7) is 9.33. The first-order chi connectivity index (χ1) is 11.3. The molecule has 128 valence electrons. The van der Waals surface area contributed by atoms with E-state index >= 15 is 0 Å². The molecule has 1 aromatic carbocycles. The molecule has 0 aliphatic rings. The van der Waals surface area contributed by atoms with Crippen LogP contribution in [0.3, 0.4) is 0 Å². The van der Waals surface area contributed by atoms with E-state index in [1.807, 2.05) is 55.7 Å². The summed E-state index contributed by atoms with van der Waals surface area (Å²) in [6.07, 6.45) is -0.200. The highest BCUT2D eigenvalue weighted by atomic mass is 16.5. The van der Waals surface area contributed by atoms with E-state index in [1.165, 1.54) is 0 Å². The lowest BCUT2D eigenvalue weighted by Crippen LogP contribution is -2.32. The second-order valence-corrected chi connectivity index (χ2v) is 6.19. The summed E-state index contributed by atoms with van der Waals surface area (Å²) >= 11 is 0. The maximum absolute atomic E-state index is 12.6. The van der Waals surface area contributed by atoms with Crippen LogP contribution in [0.5, 0.6) is 0 Å². The van der Waals surface area contributed by atoms with Crippen LogP contribution in [0.2, 0.25) is 0 Å². The summed E-state index contributed by atoms with van der Waals surface area (Å²) < 4.78 is 7.07. The number of ether oxygens (including phenoxy) is 1. The van der Waals surface area contributed by atoms with E-state index in [0.29, 0.717) is 5.56 Å². The van der Waals surface area contributed by atoms with Gasteiger partial charge in [-0.1, -0.05) is 11.6 Å². The normalized spacial score (nSPS) is 10.8. The van der Waals surface area contributed by atoms with Gasteiger partial charge in [-0.15, -0.1) is 0 Å². The van der Waals surface area contributed by atoms with Crippen molar-refractivity contribution in [2.45, 2.75) is 40.7 Å². The predicted molar refractivity (Wildman–Crippen MR) is 93.5 cm³/mol. The molecule has 0 aliphatic heterocycles. The standard InChI is InChI=1S/C19H24N2O3/c1-12(2)24-18(22)11-20-19(23)16-10-13(3)6-9-17(16)21-14(4)7-8-15(21)5/h6-10,12H,11H2,1-5H3,(H,20,23). The molecule has 2 rings (SSSR count). The van der Waals surface area contributed by atoms with Gasteiger partial charge < -0.3 is 14.6 Å². The highest BCUT2D eigenvalue weighted by molar-refractivity contribution is 5.99. The van der Waals surface area contributed by atoms with E-state index in [9.17, 15) is 9.59 Å². The Morgan fingerprint density at radius 1 is 1.08 bits per heavy atom. The average molecular weight is 328 g/mol. The number of nitrogens with zero attached hydrogens (tertiary/aromatic N) is 1. The molecule has 0 fully saturated rings. The van der Waals surface area contributed by atoms with Crippen molar-refractivity contribution in [1.82, 2.24) is 9.88 Å². The second kappa shape index (κ2) is 7.34. The third kappa shape index (κ3) is 4.04. The summed E-state index contributed by atoms with van der Waals surface area (Å²) in [6, 6.07) is 9.75. The Morgan fingerprint density at radius 2 is 1.71 bits per heavy atom. The number of hydrogen-bond acceptors (Lipinski definition) is 3. The second-order valence-electron chi connectivity index (χ2n) is 6.19. The summed E-state index contributed by atoms with van der Waals surface area (Å²) in [5.41, 5.74) is 4.41. The third-order valence-electron chi connectivity index (χ3n) is 3.67. The molecular formula is C19H24N2O3. The molecule has 1 amide bonds.